The molecule has 118 valence electrons. The molecule has 4 nitrogen and oxygen atoms in total. The van der Waals surface area contributed by atoms with Crippen LogP contribution in [0.5, 0.6) is 5.75 Å². The maximum Gasteiger partial charge on any atom is 0.255 e. The van der Waals surface area contributed by atoms with Gasteiger partial charge >= 0.3 is 0 Å². The molecule has 0 saturated heterocycles. The molecule has 0 aliphatic carbocycles. The molecule has 0 spiro atoms. The lowest BCUT2D eigenvalue weighted by Crippen LogP contribution is -2.25. The van der Waals surface area contributed by atoms with E-state index in [-0.39, 0.29) is 5.91 Å². The number of carbonyl (C=O) groups is 1. The number of amides is 1. The standard InChI is InChI=1S/C17H28N2O2/c1-3-5-6-7-8-9-13-19-17(20)14-11-10-12-15(18)16(14)21-4-2/h10-12H,3-9,13,18H2,1-2H3,(H,19,20). The van der Waals surface area contributed by atoms with Crippen LogP contribution < -0.4 is 15.8 Å². The first kappa shape index (κ1) is 17.3. The summed E-state index contributed by atoms with van der Waals surface area (Å²) in [5.41, 5.74) is 6.88. The molecule has 0 saturated carbocycles. The van der Waals surface area contributed by atoms with Crippen molar-refractivity contribution in [2.45, 2.75) is 52.4 Å². The summed E-state index contributed by atoms with van der Waals surface area (Å²) < 4.78 is 5.47. The molecule has 0 aliphatic rings. The topological polar surface area (TPSA) is 64.4 Å². The minimum atomic E-state index is -0.112. The molecule has 1 rings (SSSR count). The fraction of sp³-hybridized carbons (Fsp3) is 0.588. The van der Waals surface area contributed by atoms with Crippen molar-refractivity contribution in [2.75, 3.05) is 18.9 Å². The van der Waals surface area contributed by atoms with Gasteiger partial charge in [0.25, 0.3) is 5.91 Å². The van der Waals surface area contributed by atoms with Crippen molar-refractivity contribution < 1.29 is 9.53 Å². The molecular weight excluding hydrogens is 264 g/mol. The summed E-state index contributed by atoms with van der Waals surface area (Å²) in [6, 6.07) is 5.27. The van der Waals surface area contributed by atoms with Crippen molar-refractivity contribution in [2.24, 2.45) is 0 Å². The summed E-state index contributed by atoms with van der Waals surface area (Å²) in [5, 5.41) is 2.94. The van der Waals surface area contributed by atoms with Gasteiger partial charge in [0.2, 0.25) is 0 Å². The third-order valence-corrected chi connectivity index (χ3v) is 3.39. The number of hydrogen-bond acceptors (Lipinski definition) is 3. The molecule has 0 unspecified atom stereocenters. The van der Waals surface area contributed by atoms with E-state index >= 15 is 0 Å². The quantitative estimate of drug-likeness (QED) is 0.510. The van der Waals surface area contributed by atoms with Gasteiger partial charge in [-0.2, -0.15) is 0 Å². The molecule has 4 heteroatoms. The van der Waals surface area contributed by atoms with E-state index in [1.807, 2.05) is 6.92 Å². The minimum Gasteiger partial charge on any atom is -0.491 e. The van der Waals surface area contributed by atoms with Crippen LogP contribution in [0.25, 0.3) is 0 Å². The number of unbranched alkanes of at least 4 members (excludes halogenated alkanes) is 5. The Morgan fingerprint density at radius 1 is 1.14 bits per heavy atom. The van der Waals surface area contributed by atoms with Crippen LogP contribution in [0.2, 0.25) is 0 Å². The molecule has 0 aliphatic heterocycles. The van der Waals surface area contributed by atoms with E-state index in [2.05, 4.69) is 12.2 Å². The Kier molecular flexibility index (Phi) is 8.32. The largest absolute Gasteiger partial charge is 0.491 e. The Hall–Kier alpha value is -1.71. The fourth-order valence-corrected chi connectivity index (χ4v) is 2.24. The highest BCUT2D eigenvalue weighted by atomic mass is 16.5. The summed E-state index contributed by atoms with van der Waals surface area (Å²) in [5.74, 6) is 0.375. The Morgan fingerprint density at radius 2 is 1.86 bits per heavy atom. The molecule has 1 amide bonds. The van der Waals surface area contributed by atoms with Crippen molar-refractivity contribution in [3.63, 3.8) is 0 Å². The third-order valence-electron chi connectivity index (χ3n) is 3.39. The first-order valence-electron chi connectivity index (χ1n) is 8.00. The second kappa shape index (κ2) is 10.1. The van der Waals surface area contributed by atoms with E-state index in [9.17, 15) is 4.79 Å². The highest BCUT2D eigenvalue weighted by Gasteiger charge is 2.14. The monoisotopic (exact) mass is 292 g/mol. The highest BCUT2D eigenvalue weighted by molar-refractivity contribution is 5.98. The van der Waals surface area contributed by atoms with Gasteiger partial charge in [-0.1, -0.05) is 45.1 Å². The Bertz CT molecular complexity index is 433. The Balaban J connectivity index is 2.40. The van der Waals surface area contributed by atoms with Gasteiger partial charge in [-0.25, -0.2) is 0 Å². The second-order valence-electron chi connectivity index (χ2n) is 5.18. The van der Waals surface area contributed by atoms with E-state index in [0.717, 1.165) is 12.8 Å². The maximum absolute atomic E-state index is 12.2. The van der Waals surface area contributed by atoms with Gasteiger partial charge in [0.15, 0.2) is 5.75 Å². The van der Waals surface area contributed by atoms with E-state index < -0.39 is 0 Å². The Labute approximate surface area is 128 Å². The van der Waals surface area contributed by atoms with Gasteiger partial charge < -0.3 is 15.8 Å². The summed E-state index contributed by atoms with van der Waals surface area (Å²) in [6.45, 7) is 5.28. The van der Waals surface area contributed by atoms with Gasteiger partial charge in [-0.15, -0.1) is 0 Å². The molecule has 0 atom stereocenters. The number of rotatable bonds is 10. The van der Waals surface area contributed by atoms with Crippen molar-refractivity contribution in [1.82, 2.24) is 5.32 Å². The van der Waals surface area contributed by atoms with Crippen molar-refractivity contribution in [3.8, 4) is 5.75 Å². The molecule has 0 bridgehead atoms. The minimum absolute atomic E-state index is 0.112. The molecule has 0 fully saturated rings. The van der Waals surface area contributed by atoms with Crippen LogP contribution in [0, 0.1) is 0 Å². The van der Waals surface area contributed by atoms with E-state index in [0.29, 0.717) is 30.2 Å². The predicted octanol–water partition coefficient (Wildman–Crippen LogP) is 3.76. The maximum atomic E-state index is 12.2. The van der Waals surface area contributed by atoms with Gasteiger partial charge in [0.1, 0.15) is 0 Å². The van der Waals surface area contributed by atoms with Crippen LogP contribution in [-0.4, -0.2) is 19.1 Å². The molecule has 0 radical (unpaired) electrons. The zero-order valence-electron chi connectivity index (χ0n) is 13.3. The molecule has 0 aromatic heterocycles. The van der Waals surface area contributed by atoms with Crippen molar-refractivity contribution >= 4 is 11.6 Å². The van der Waals surface area contributed by atoms with Crippen LogP contribution in [0.4, 0.5) is 5.69 Å². The lowest BCUT2D eigenvalue weighted by Gasteiger charge is -2.12. The number of nitrogen functional groups attached to an aromatic ring is 1. The number of hydrogen-bond donors (Lipinski definition) is 2. The smallest absolute Gasteiger partial charge is 0.255 e. The van der Waals surface area contributed by atoms with Crippen molar-refractivity contribution in [3.05, 3.63) is 23.8 Å². The molecule has 3 N–H and O–H groups in total. The number of nitrogens with two attached hydrogens (primary N) is 1. The molecule has 0 heterocycles. The van der Waals surface area contributed by atoms with Gasteiger partial charge in [0, 0.05) is 6.54 Å². The van der Waals surface area contributed by atoms with Crippen LogP contribution in [0.3, 0.4) is 0 Å². The number of anilines is 1. The van der Waals surface area contributed by atoms with E-state index in [1.54, 1.807) is 18.2 Å². The normalized spacial score (nSPS) is 10.4. The number of carbonyl (C=O) groups excluding carboxylic acids is 1. The first-order valence-corrected chi connectivity index (χ1v) is 8.00. The number of para-hydroxylation sites is 1. The van der Waals surface area contributed by atoms with Crippen molar-refractivity contribution in [1.29, 1.82) is 0 Å². The number of ether oxygens (including phenoxy) is 1. The summed E-state index contributed by atoms with van der Waals surface area (Å²) in [7, 11) is 0. The number of nitrogens with one attached hydrogen (secondary N) is 1. The van der Waals surface area contributed by atoms with Crippen LogP contribution in [-0.2, 0) is 0 Å². The highest BCUT2D eigenvalue weighted by Crippen LogP contribution is 2.26. The summed E-state index contributed by atoms with van der Waals surface area (Å²) in [6.07, 6.45) is 7.26. The first-order chi connectivity index (χ1) is 10.2. The Morgan fingerprint density at radius 3 is 2.57 bits per heavy atom. The van der Waals surface area contributed by atoms with Gasteiger partial charge in [0.05, 0.1) is 17.9 Å². The third kappa shape index (κ3) is 6.06. The fourth-order valence-electron chi connectivity index (χ4n) is 2.24. The lowest BCUT2D eigenvalue weighted by molar-refractivity contribution is 0.0949. The number of benzene rings is 1. The molecule has 1 aromatic carbocycles. The van der Waals surface area contributed by atoms with E-state index in [1.165, 1.54) is 25.7 Å². The molecule has 21 heavy (non-hydrogen) atoms. The zero-order valence-corrected chi connectivity index (χ0v) is 13.3. The van der Waals surface area contributed by atoms with Crippen LogP contribution in [0.1, 0.15) is 62.7 Å². The predicted molar refractivity (Wildman–Crippen MR) is 87.7 cm³/mol. The molecule has 1 aromatic rings. The average molecular weight is 292 g/mol. The molecular formula is C17H28N2O2. The average Bonchev–Trinajstić information content (AvgIpc) is 2.48. The van der Waals surface area contributed by atoms with E-state index in [4.69, 9.17) is 10.5 Å². The van der Waals surface area contributed by atoms with Gasteiger partial charge in [-0.05, 0) is 25.5 Å². The summed E-state index contributed by atoms with van der Waals surface area (Å²) >= 11 is 0. The zero-order chi connectivity index (χ0) is 15.5. The van der Waals surface area contributed by atoms with Gasteiger partial charge in [-0.3, -0.25) is 4.79 Å². The SMILES string of the molecule is CCCCCCCCNC(=O)c1cccc(N)c1OCC. The van der Waals surface area contributed by atoms with Crippen LogP contribution >= 0.6 is 0 Å². The lowest BCUT2D eigenvalue weighted by atomic mass is 10.1. The van der Waals surface area contributed by atoms with Crippen LogP contribution in [0.15, 0.2) is 18.2 Å². The second-order valence-corrected chi connectivity index (χ2v) is 5.18. The summed E-state index contributed by atoms with van der Waals surface area (Å²) in [4.78, 5) is 12.2.